The van der Waals surface area contributed by atoms with Gasteiger partial charge in [0.2, 0.25) is 5.91 Å². The summed E-state index contributed by atoms with van der Waals surface area (Å²) < 4.78 is 0. The summed E-state index contributed by atoms with van der Waals surface area (Å²) in [6.07, 6.45) is 0. The van der Waals surface area contributed by atoms with Crippen LogP contribution in [-0.4, -0.2) is 36.9 Å². The molecule has 0 aliphatic carbocycles. The van der Waals surface area contributed by atoms with Gasteiger partial charge >= 0.3 is 0 Å². The highest BCUT2D eigenvalue weighted by molar-refractivity contribution is 5.96. The van der Waals surface area contributed by atoms with Crippen LogP contribution in [0.3, 0.4) is 0 Å². The largest absolute Gasteiger partial charge is 0.372 e. The Kier molecular flexibility index (Phi) is 7.91. The maximum Gasteiger partial charge on any atom is 0.269 e. The first kappa shape index (κ1) is 20.5. The molecule has 0 spiro atoms. The summed E-state index contributed by atoms with van der Waals surface area (Å²) in [7, 11) is 0. The van der Waals surface area contributed by atoms with Crippen molar-refractivity contribution in [3.05, 3.63) is 29.8 Å². The SMILES string of the molecule is CCN(CC)c1ccc(C(=O)NNC(=O)[C@H](NC(C)=O)C(C)C)cc1. The van der Waals surface area contributed by atoms with E-state index in [-0.39, 0.29) is 11.8 Å². The van der Waals surface area contributed by atoms with Crippen LogP contribution in [0.15, 0.2) is 24.3 Å². The summed E-state index contributed by atoms with van der Waals surface area (Å²) >= 11 is 0. The normalized spacial score (nSPS) is 11.6. The van der Waals surface area contributed by atoms with E-state index < -0.39 is 17.9 Å². The molecular formula is C18H28N4O3. The molecule has 25 heavy (non-hydrogen) atoms. The second kappa shape index (κ2) is 9.66. The average Bonchev–Trinajstić information content (AvgIpc) is 2.58. The topological polar surface area (TPSA) is 90.5 Å². The van der Waals surface area contributed by atoms with Crippen LogP contribution in [0.25, 0.3) is 0 Å². The molecule has 1 aromatic carbocycles. The van der Waals surface area contributed by atoms with E-state index in [0.29, 0.717) is 5.56 Å². The van der Waals surface area contributed by atoms with Gasteiger partial charge in [-0.2, -0.15) is 0 Å². The highest BCUT2D eigenvalue weighted by Crippen LogP contribution is 2.14. The summed E-state index contributed by atoms with van der Waals surface area (Å²) in [4.78, 5) is 37.6. The van der Waals surface area contributed by atoms with Crippen molar-refractivity contribution in [2.24, 2.45) is 5.92 Å². The van der Waals surface area contributed by atoms with Crippen molar-refractivity contribution in [3.63, 3.8) is 0 Å². The molecule has 0 heterocycles. The smallest absolute Gasteiger partial charge is 0.269 e. The summed E-state index contributed by atoms with van der Waals surface area (Å²) in [6.45, 7) is 10.9. The molecule has 1 rings (SSSR count). The van der Waals surface area contributed by atoms with E-state index in [9.17, 15) is 14.4 Å². The lowest BCUT2D eigenvalue weighted by Crippen LogP contribution is -2.54. The van der Waals surface area contributed by atoms with Crippen LogP contribution in [-0.2, 0) is 9.59 Å². The maximum absolute atomic E-state index is 12.2. The van der Waals surface area contributed by atoms with Crippen molar-refractivity contribution < 1.29 is 14.4 Å². The van der Waals surface area contributed by atoms with Crippen molar-refractivity contribution >= 4 is 23.4 Å². The van der Waals surface area contributed by atoms with Crippen molar-refractivity contribution in [2.75, 3.05) is 18.0 Å². The van der Waals surface area contributed by atoms with Crippen molar-refractivity contribution in [1.82, 2.24) is 16.2 Å². The lowest BCUT2D eigenvalue weighted by Gasteiger charge is -2.22. The number of nitrogens with one attached hydrogen (secondary N) is 3. The number of hydrazine groups is 1. The number of benzene rings is 1. The number of amides is 3. The second-order valence-electron chi connectivity index (χ2n) is 6.08. The molecule has 0 bridgehead atoms. The first-order chi connectivity index (χ1) is 11.8. The minimum absolute atomic E-state index is 0.103. The molecule has 1 atom stereocenters. The molecule has 0 unspecified atom stereocenters. The zero-order chi connectivity index (χ0) is 19.0. The van der Waals surface area contributed by atoms with Crippen molar-refractivity contribution in [3.8, 4) is 0 Å². The van der Waals surface area contributed by atoms with Crippen LogP contribution >= 0.6 is 0 Å². The molecule has 0 aromatic heterocycles. The first-order valence-corrected chi connectivity index (χ1v) is 8.52. The molecular weight excluding hydrogens is 320 g/mol. The molecule has 7 nitrogen and oxygen atoms in total. The van der Waals surface area contributed by atoms with Gasteiger partial charge in [-0.25, -0.2) is 0 Å². The summed E-state index contributed by atoms with van der Waals surface area (Å²) in [5, 5.41) is 2.57. The zero-order valence-electron chi connectivity index (χ0n) is 15.6. The molecule has 0 fully saturated rings. The fourth-order valence-electron chi connectivity index (χ4n) is 2.43. The van der Waals surface area contributed by atoms with E-state index in [1.165, 1.54) is 6.92 Å². The zero-order valence-corrected chi connectivity index (χ0v) is 15.6. The number of nitrogens with zero attached hydrogens (tertiary/aromatic N) is 1. The molecule has 138 valence electrons. The Morgan fingerprint density at radius 3 is 2.00 bits per heavy atom. The van der Waals surface area contributed by atoms with Gasteiger partial charge in [0.15, 0.2) is 0 Å². The minimum atomic E-state index is -0.706. The van der Waals surface area contributed by atoms with Crippen LogP contribution in [0.2, 0.25) is 0 Å². The molecule has 0 aliphatic heterocycles. The number of anilines is 1. The monoisotopic (exact) mass is 348 g/mol. The first-order valence-electron chi connectivity index (χ1n) is 8.52. The molecule has 0 saturated heterocycles. The summed E-state index contributed by atoms with van der Waals surface area (Å²) in [5.41, 5.74) is 6.22. The van der Waals surface area contributed by atoms with Crippen LogP contribution < -0.4 is 21.1 Å². The molecule has 7 heteroatoms. The predicted octanol–water partition coefficient (Wildman–Crippen LogP) is 1.45. The lowest BCUT2D eigenvalue weighted by molar-refractivity contribution is -0.129. The number of rotatable bonds is 7. The number of carbonyl (C=O) groups is 3. The molecule has 3 N–H and O–H groups in total. The molecule has 0 aliphatic rings. The Balaban J connectivity index is 2.66. The Morgan fingerprint density at radius 1 is 1.00 bits per heavy atom. The van der Waals surface area contributed by atoms with E-state index >= 15 is 0 Å². The fourth-order valence-corrected chi connectivity index (χ4v) is 2.43. The van der Waals surface area contributed by atoms with Crippen LogP contribution in [0.4, 0.5) is 5.69 Å². The minimum Gasteiger partial charge on any atom is -0.372 e. The summed E-state index contributed by atoms with van der Waals surface area (Å²) in [6, 6.07) is 6.46. The van der Waals surface area contributed by atoms with Crippen LogP contribution in [0, 0.1) is 5.92 Å². The average molecular weight is 348 g/mol. The van der Waals surface area contributed by atoms with Gasteiger partial charge in [0.1, 0.15) is 6.04 Å². The van der Waals surface area contributed by atoms with E-state index in [4.69, 9.17) is 0 Å². The lowest BCUT2D eigenvalue weighted by atomic mass is 10.0. The Labute approximate surface area is 149 Å². The molecule has 1 aromatic rings. The van der Waals surface area contributed by atoms with Crippen LogP contribution in [0.5, 0.6) is 0 Å². The van der Waals surface area contributed by atoms with Crippen molar-refractivity contribution in [2.45, 2.75) is 40.7 Å². The molecule has 0 saturated carbocycles. The predicted molar refractivity (Wildman–Crippen MR) is 98.1 cm³/mol. The molecule has 0 radical (unpaired) electrons. The van der Waals surface area contributed by atoms with Crippen LogP contribution in [0.1, 0.15) is 45.0 Å². The van der Waals surface area contributed by atoms with Gasteiger partial charge in [0.05, 0.1) is 0 Å². The van der Waals surface area contributed by atoms with Gasteiger partial charge in [0.25, 0.3) is 11.8 Å². The highest BCUT2D eigenvalue weighted by atomic mass is 16.2. The Bertz CT molecular complexity index is 595. The van der Waals surface area contributed by atoms with Gasteiger partial charge in [-0.1, -0.05) is 13.8 Å². The Morgan fingerprint density at radius 2 is 1.56 bits per heavy atom. The standard InChI is InChI=1S/C18H28N4O3/c1-6-22(7-2)15-10-8-14(9-11-15)17(24)20-21-18(25)16(12(3)4)19-13(5)23/h8-12,16H,6-7H2,1-5H3,(H,19,23)(H,20,24)(H,21,25)/t16-/m1/s1. The second-order valence-corrected chi connectivity index (χ2v) is 6.08. The van der Waals surface area contributed by atoms with Gasteiger partial charge in [0, 0.05) is 31.3 Å². The van der Waals surface area contributed by atoms with Gasteiger partial charge in [-0.15, -0.1) is 0 Å². The Hall–Kier alpha value is -2.57. The van der Waals surface area contributed by atoms with Gasteiger partial charge in [-0.05, 0) is 44.0 Å². The fraction of sp³-hybridized carbons (Fsp3) is 0.500. The van der Waals surface area contributed by atoms with E-state index in [0.717, 1.165) is 18.8 Å². The van der Waals surface area contributed by atoms with Crippen molar-refractivity contribution in [1.29, 1.82) is 0 Å². The van der Waals surface area contributed by atoms with Gasteiger partial charge < -0.3 is 10.2 Å². The third-order valence-corrected chi connectivity index (χ3v) is 3.87. The van der Waals surface area contributed by atoms with E-state index in [1.807, 2.05) is 26.0 Å². The third-order valence-electron chi connectivity index (χ3n) is 3.87. The maximum atomic E-state index is 12.2. The number of hydrogen-bond acceptors (Lipinski definition) is 4. The summed E-state index contributed by atoms with van der Waals surface area (Å²) in [5.74, 6) is -1.27. The highest BCUT2D eigenvalue weighted by Gasteiger charge is 2.23. The van der Waals surface area contributed by atoms with E-state index in [2.05, 4.69) is 34.9 Å². The number of hydrogen-bond donors (Lipinski definition) is 3. The van der Waals surface area contributed by atoms with Gasteiger partial charge in [-0.3, -0.25) is 25.2 Å². The quantitative estimate of drug-likeness (QED) is 0.651. The van der Waals surface area contributed by atoms with E-state index in [1.54, 1.807) is 12.1 Å². The third kappa shape index (κ3) is 6.10. The molecule has 3 amide bonds. The number of carbonyl (C=O) groups excluding carboxylic acids is 3.